The maximum absolute atomic E-state index is 10.1. The highest BCUT2D eigenvalue weighted by Gasteiger charge is 2.19. The second kappa shape index (κ2) is 7.14. The van der Waals surface area contributed by atoms with Gasteiger partial charge in [-0.2, -0.15) is 0 Å². The molecule has 4 N–H and O–H groups in total. The van der Waals surface area contributed by atoms with E-state index in [-0.39, 0.29) is 18.2 Å². The molecule has 2 atom stereocenters. The lowest BCUT2D eigenvalue weighted by atomic mass is 9.96. The van der Waals surface area contributed by atoms with Gasteiger partial charge in [0.05, 0.1) is 12.1 Å². The second-order valence-corrected chi connectivity index (χ2v) is 4.34. The number of nitrogens with two attached hydrogens (primary N) is 1. The Hall–Kier alpha value is -1.55. The van der Waals surface area contributed by atoms with Gasteiger partial charge in [-0.25, -0.2) is 0 Å². The van der Waals surface area contributed by atoms with Gasteiger partial charge in [0.2, 0.25) is 0 Å². The summed E-state index contributed by atoms with van der Waals surface area (Å²) in [6.45, 7) is 0. The van der Waals surface area contributed by atoms with Gasteiger partial charge < -0.3 is 15.9 Å². The van der Waals surface area contributed by atoms with Crippen molar-refractivity contribution in [3.8, 4) is 5.75 Å². The van der Waals surface area contributed by atoms with Gasteiger partial charge in [-0.3, -0.25) is 0 Å². The van der Waals surface area contributed by atoms with E-state index < -0.39 is 12.1 Å². The normalized spacial score (nSPS) is 13.4. The Balaban J connectivity index is 0.00000180. The van der Waals surface area contributed by atoms with Crippen LogP contribution in [0.5, 0.6) is 5.75 Å². The Morgan fingerprint density at radius 3 is 2.16 bits per heavy atom. The van der Waals surface area contributed by atoms with Gasteiger partial charge in [0.1, 0.15) is 5.75 Å². The summed E-state index contributed by atoms with van der Waals surface area (Å²) in [4.78, 5) is 0. The molecule has 0 aliphatic carbocycles. The van der Waals surface area contributed by atoms with Gasteiger partial charge in [-0.05, 0) is 11.6 Å². The first-order valence-corrected chi connectivity index (χ1v) is 5.94. The first-order valence-electron chi connectivity index (χ1n) is 5.94. The van der Waals surface area contributed by atoms with Crippen molar-refractivity contribution in [1.29, 1.82) is 0 Å². The Labute approximate surface area is 119 Å². The number of aliphatic hydroxyl groups is 1. The van der Waals surface area contributed by atoms with Gasteiger partial charge in [0.25, 0.3) is 0 Å². The number of hydrogen-bond acceptors (Lipinski definition) is 3. The summed E-state index contributed by atoms with van der Waals surface area (Å²) in [5, 5.41) is 19.8. The number of aromatic hydroxyl groups is 1. The molecule has 0 bridgehead atoms. The molecule has 3 nitrogen and oxygen atoms in total. The van der Waals surface area contributed by atoms with Crippen molar-refractivity contribution in [2.45, 2.75) is 18.6 Å². The van der Waals surface area contributed by atoms with Gasteiger partial charge >= 0.3 is 0 Å². The third-order valence-electron chi connectivity index (χ3n) is 3.00. The first kappa shape index (κ1) is 15.5. The Morgan fingerprint density at radius 2 is 1.53 bits per heavy atom. The predicted molar refractivity (Wildman–Crippen MR) is 78.4 cm³/mol. The highest BCUT2D eigenvalue weighted by Crippen LogP contribution is 2.25. The molecule has 102 valence electrons. The number of halogens is 1. The van der Waals surface area contributed by atoms with Crippen LogP contribution in [0.2, 0.25) is 0 Å². The highest BCUT2D eigenvalue weighted by molar-refractivity contribution is 5.85. The number of phenols is 1. The number of phenolic OH excluding ortho intramolecular Hbond substituents is 1. The third kappa shape index (κ3) is 3.96. The second-order valence-electron chi connectivity index (χ2n) is 4.34. The summed E-state index contributed by atoms with van der Waals surface area (Å²) in [6, 6.07) is 15.9. The van der Waals surface area contributed by atoms with Crippen LogP contribution in [0, 0.1) is 0 Å². The molecule has 4 heteroatoms. The Kier molecular flexibility index (Phi) is 5.83. The van der Waals surface area contributed by atoms with Crippen molar-refractivity contribution in [2.75, 3.05) is 0 Å². The smallest absolute Gasteiger partial charge is 0.120 e. The topological polar surface area (TPSA) is 66.5 Å². The quantitative estimate of drug-likeness (QED) is 0.805. The number of para-hydroxylation sites is 1. The van der Waals surface area contributed by atoms with Crippen LogP contribution < -0.4 is 5.73 Å². The van der Waals surface area contributed by atoms with Crippen LogP contribution in [-0.4, -0.2) is 16.3 Å². The van der Waals surface area contributed by atoms with Crippen LogP contribution in [0.4, 0.5) is 0 Å². The average Bonchev–Trinajstić information content (AvgIpc) is 2.39. The molecule has 2 rings (SSSR count). The number of hydrogen-bond donors (Lipinski definition) is 3. The Bertz CT molecular complexity index is 505. The van der Waals surface area contributed by atoms with E-state index in [0.29, 0.717) is 12.0 Å². The van der Waals surface area contributed by atoms with E-state index in [9.17, 15) is 10.2 Å². The largest absolute Gasteiger partial charge is 0.508 e. The molecule has 19 heavy (non-hydrogen) atoms. The zero-order valence-electron chi connectivity index (χ0n) is 10.4. The minimum Gasteiger partial charge on any atom is -0.508 e. The summed E-state index contributed by atoms with van der Waals surface area (Å²) >= 11 is 0. The van der Waals surface area contributed by atoms with Crippen LogP contribution >= 0.6 is 12.4 Å². The fourth-order valence-electron chi connectivity index (χ4n) is 1.96. The molecule has 0 unspecified atom stereocenters. The molecule has 2 aromatic carbocycles. The van der Waals surface area contributed by atoms with Crippen LogP contribution in [-0.2, 0) is 6.42 Å². The summed E-state index contributed by atoms with van der Waals surface area (Å²) in [7, 11) is 0. The zero-order chi connectivity index (χ0) is 13.0. The minimum atomic E-state index is -0.722. The minimum absolute atomic E-state index is 0. The average molecular weight is 280 g/mol. The van der Waals surface area contributed by atoms with E-state index in [1.807, 2.05) is 30.3 Å². The molecule has 0 aliphatic heterocycles. The maximum atomic E-state index is 10.1. The highest BCUT2D eigenvalue weighted by atomic mass is 35.5. The molecule has 0 radical (unpaired) electrons. The molecule has 2 aromatic rings. The summed E-state index contributed by atoms with van der Waals surface area (Å²) < 4.78 is 0. The third-order valence-corrected chi connectivity index (χ3v) is 3.00. The van der Waals surface area contributed by atoms with Crippen molar-refractivity contribution in [3.63, 3.8) is 0 Å². The SMILES string of the molecule is Cl.N[C@H](c1ccccc1O)[C@@H](O)Cc1ccccc1. The van der Waals surface area contributed by atoms with Crippen LogP contribution in [0.25, 0.3) is 0 Å². The number of rotatable bonds is 4. The van der Waals surface area contributed by atoms with Crippen molar-refractivity contribution < 1.29 is 10.2 Å². The molecular formula is C15H18ClNO2. The first-order chi connectivity index (χ1) is 8.68. The van der Waals surface area contributed by atoms with Crippen LogP contribution in [0.3, 0.4) is 0 Å². The standard InChI is InChI=1S/C15H17NO2.ClH/c16-15(12-8-4-5-9-13(12)17)14(18)10-11-6-2-1-3-7-11;/h1-9,14-15,17-18H,10,16H2;1H/t14-,15+;/m0./s1. The lowest BCUT2D eigenvalue weighted by Gasteiger charge is -2.20. The molecule has 0 spiro atoms. The summed E-state index contributed by atoms with van der Waals surface area (Å²) in [5.41, 5.74) is 7.57. The van der Waals surface area contributed by atoms with Crippen molar-refractivity contribution in [1.82, 2.24) is 0 Å². The monoisotopic (exact) mass is 279 g/mol. The van der Waals surface area contributed by atoms with Crippen molar-refractivity contribution in [3.05, 3.63) is 65.7 Å². The number of benzene rings is 2. The lowest BCUT2D eigenvalue weighted by molar-refractivity contribution is 0.144. The van der Waals surface area contributed by atoms with Crippen LogP contribution in [0.15, 0.2) is 54.6 Å². The molecule has 0 saturated carbocycles. The predicted octanol–water partition coefficient (Wildman–Crippen LogP) is 2.42. The molecule has 0 fully saturated rings. The van der Waals surface area contributed by atoms with Crippen molar-refractivity contribution in [2.24, 2.45) is 5.73 Å². The molecule has 0 heterocycles. The lowest BCUT2D eigenvalue weighted by Crippen LogP contribution is -2.28. The molecule has 0 aliphatic rings. The van der Waals surface area contributed by atoms with Gasteiger partial charge in [-0.1, -0.05) is 48.5 Å². The number of aliphatic hydroxyl groups excluding tert-OH is 1. The van der Waals surface area contributed by atoms with E-state index >= 15 is 0 Å². The molecule has 0 aromatic heterocycles. The molecule has 0 saturated heterocycles. The van der Waals surface area contributed by atoms with Crippen molar-refractivity contribution >= 4 is 12.4 Å². The van der Waals surface area contributed by atoms with E-state index in [1.54, 1.807) is 24.3 Å². The van der Waals surface area contributed by atoms with E-state index in [1.165, 1.54) is 0 Å². The Morgan fingerprint density at radius 1 is 0.947 bits per heavy atom. The van der Waals surface area contributed by atoms with Gasteiger partial charge in [0, 0.05) is 12.0 Å². The molecule has 0 amide bonds. The van der Waals surface area contributed by atoms with E-state index in [2.05, 4.69) is 0 Å². The van der Waals surface area contributed by atoms with E-state index in [0.717, 1.165) is 5.56 Å². The van der Waals surface area contributed by atoms with E-state index in [4.69, 9.17) is 5.73 Å². The summed E-state index contributed by atoms with van der Waals surface area (Å²) in [6.07, 6.45) is -0.253. The maximum Gasteiger partial charge on any atom is 0.120 e. The fraction of sp³-hybridized carbons (Fsp3) is 0.200. The van der Waals surface area contributed by atoms with Crippen LogP contribution in [0.1, 0.15) is 17.2 Å². The zero-order valence-corrected chi connectivity index (χ0v) is 11.3. The molecular weight excluding hydrogens is 262 g/mol. The van der Waals surface area contributed by atoms with Gasteiger partial charge in [-0.15, -0.1) is 12.4 Å². The fourth-order valence-corrected chi connectivity index (χ4v) is 1.96. The van der Waals surface area contributed by atoms with Gasteiger partial charge in [0.15, 0.2) is 0 Å². The summed E-state index contributed by atoms with van der Waals surface area (Å²) in [5.74, 6) is 0.122.